The number of rotatable bonds is 2. The van der Waals surface area contributed by atoms with Gasteiger partial charge in [-0.15, -0.1) is 0 Å². The fourth-order valence-corrected chi connectivity index (χ4v) is 3.66. The molecule has 0 aliphatic carbocycles. The van der Waals surface area contributed by atoms with E-state index in [-0.39, 0.29) is 11.5 Å². The van der Waals surface area contributed by atoms with Crippen LogP contribution in [0, 0.1) is 0 Å². The highest BCUT2D eigenvalue weighted by atomic mass is 79.9. The molecule has 0 aliphatic heterocycles. The third kappa shape index (κ3) is 3.19. The van der Waals surface area contributed by atoms with Gasteiger partial charge >= 0.3 is 5.97 Å². The molecule has 19 heavy (non-hydrogen) atoms. The van der Waals surface area contributed by atoms with Gasteiger partial charge in [0.15, 0.2) is 5.75 Å². The van der Waals surface area contributed by atoms with Gasteiger partial charge in [0.1, 0.15) is 10.2 Å². The molecule has 0 aromatic heterocycles. The fraction of sp³-hybridized carbons (Fsp3) is 0. The monoisotopic (exact) mass is 448 g/mol. The number of halogens is 3. The molecular formula is C13H7Br3O3. The highest BCUT2D eigenvalue weighted by Gasteiger charge is 2.18. The van der Waals surface area contributed by atoms with Crippen molar-refractivity contribution < 1.29 is 14.6 Å². The highest BCUT2D eigenvalue weighted by molar-refractivity contribution is 9.11. The van der Waals surface area contributed by atoms with E-state index in [0.29, 0.717) is 19.0 Å². The second-order valence-corrected chi connectivity index (χ2v) is 6.09. The summed E-state index contributed by atoms with van der Waals surface area (Å²) in [6.07, 6.45) is 0. The van der Waals surface area contributed by atoms with E-state index in [1.807, 2.05) is 6.07 Å². The zero-order chi connectivity index (χ0) is 14.0. The summed E-state index contributed by atoms with van der Waals surface area (Å²) in [5, 5.41) is 9.79. The quantitative estimate of drug-likeness (QED) is 0.523. The van der Waals surface area contributed by atoms with Crippen LogP contribution in [0.5, 0.6) is 11.5 Å². The van der Waals surface area contributed by atoms with Crippen LogP contribution in [0.15, 0.2) is 49.8 Å². The summed E-state index contributed by atoms with van der Waals surface area (Å²) in [6.45, 7) is 0. The third-order valence-corrected chi connectivity index (χ3v) is 4.24. The zero-order valence-electron chi connectivity index (χ0n) is 9.36. The Hall–Kier alpha value is -0.850. The number of phenolic OH excluding ortho intramolecular Hbond substituents is 1. The summed E-state index contributed by atoms with van der Waals surface area (Å²) < 4.78 is 6.63. The second kappa shape index (κ2) is 6.07. The molecular weight excluding hydrogens is 444 g/mol. The molecule has 2 aromatic rings. The molecule has 0 spiro atoms. The Morgan fingerprint density at radius 1 is 1.05 bits per heavy atom. The maximum Gasteiger partial charge on any atom is 0.343 e. The molecule has 0 heterocycles. The number of hydrogen-bond acceptors (Lipinski definition) is 3. The average Bonchev–Trinajstić information content (AvgIpc) is 2.42. The lowest BCUT2D eigenvalue weighted by Crippen LogP contribution is -2.09. The number of aromatic hydroxyl groups is 1. The summed E-state index contributed by atoms with van der Waals surface area (Å²) in [5.41, 5.74) is 0.434. The van der Waals surface area contributed by atoms with Crippen molar-refractivity contribution in [1.82, 2.24) is 0 Å². The Morgan fingerprint density at radius 2 is 1.68 bits per heavy atom. The molecule has 0 unspecified atom stereocenters. The average molecular weight is 451 g/mol. The van der Waals surface area contributed by atoms with Crippen LogP contribution in [0.25, 0.3) is 0 Å². The molecule has 1 N–H and O–H groups in total. The van der Waals surface area contributed by atoms with Crippen LogP contribution in [-0.4, -0.2) is 11.1 Å². The van der Waals surface area contributed by atoms with Crippen LogP contribution in [0.2, 0.25) is 0 Å². The molecule has 0 saturated heterocycles. The van der Waals surface area contributed by atoms with E-state index in [4.69, 9.17) is 4.74 Å². The fourth-order valence-electron chi connectivity index (χ4n) is 1.38. The lowest BCUT2D eigenvalue weighted by molar-refractivity contribution is 0.0732. The van der Waals surface area contributed by atoms with E-state index < -0.39 is 5.97 Å². The Kier molecular flexibility index (Phi) is 4.65. The van der Waals surface area contributed by atoms with Crippen LogP contribution in [0.3, 0.4) is 0 Å². The first-order chi connectivity index (χ1) is 9.00. The number of hydrogen-bond donors (Lipinski definition) is 1. The summed E-state index contributed by atoms with van der Waals surface area (Å²) in [7, 11) is 0. The van der Waals surface area contributed by atoms with Crippen LogP contribution in [0.4, 0.5) is 0 Å². The number of carbonyl (C=O) groups excluding carboxylic acids is 1. The maximum absolute atomic E-state index is 12.0. The molecule has 0 atom stereocenters. The number of phenols is 1. The molecule has 3 nitrogen and oxygen atoms in total. The molecule has 0 saturated carbocycles. The minimum absolute atomic E-state index is 0.0286. The number of carbonyl (C=O) groups is 1. The Bertz CT molecular complexity index is 627. The van der Waals surface area contributed by atoms with E-state index in [0.717, 1.165) is 0 Å². The molecule has 0 fully saturated rings. The Morgan fingerprint density at radius 3 is 2.32 bits per heavy atom. The minimum Gasteiger partial charge on any atom is -0.505 e. The smallest absolute Gasteiger partial charge is 0.343 e. The third-order valence-electron chi connectivity index (χ3n) is 2.31. The Labute approximate surface area is 135 Å². The van der Waals surface area contributed by atoms with Crippen molar-refractivity contribution in [1.29, 1.82) is 0 Å². The predicted molar refractivity (Wildman–Crippen MR) is 82.6 cm³/mol. The van der Waals surface area contributed by atoms with Gasteiger partial charge in [0.25, 0.3) is 0 Å². The first-order valence-corrected chi connectivity index (χ1v) is 7.52. The van der Waals surface area contributed by atoms with Crippen molar-refractivity contribution in [2.45, 2.75) is 0 Å². The van der Waals surface area contributed by atoms with Crippen molar-refractivity contribution in [2.75, 3.05) is 0 Å². The van der Waals surface area contributed by atoms with Crippen molar-refractivity contribution >= 4 is 53.8 Å². The first-order valence-electron chi connectivity index (χ1n) is 5.14. The van der Waals surface area contributed by atoms with Gasteiger partial charge in [-0.25, -0.2) is 4.79 Å². The summed E-state index contributed by atoms with van der Waals surface area (Å²) in [4.78, 5) is 12.0. The van der Waals surface area contributed by atoms with E-state index in [9.17, 15) is 9.90 Å². The summed E-state index contributed by atoms with van der Waals surface area (Å²) >= 11 is 9.67. The lowest BCUT2D eigenvalue weighted by Gasteiger charge is -2.11. The van der Waals surface area contributed by atoms with Crippen molar-refractivity contribution in [3.8, 4) is 11.5 Å². The minimum atomic E-state index is -0.497. The largest absolute Gasteiger partial charge is 0.505 e. The van der Waals surface area contributed by atoms with Crippen LogP contribution in [0.1, 0.15) is 10.4 Å². The molecule has 0 aliphatic rings. The van der Waals surface area contributed by atoms with Gasteiger partial charge in [-0.2, -0.15) is 0 Å². The van der Waals surface area contributed by atoms with Gasteiger partial charge in [-0.1, -0.05) is 18.2 Å². The molecule has 0 radical (unpaired) electrons. The van der Waals surface area contributed by atoms with Crippen molar-refractivity contribution in [3.63, 3.8) is 0 Å². The Balaban J connectivity index is 2.35. The van der Waals surface area contributed by atoms with Gasteiger partial charge < -0.3 is 9.84 Å². The molecule has 2 aromatic carbocycles. The SMILES string of the molecule is O=C(Oc1c(Br)cc(Br)c(O)c1Br)c1ccccc1. The summed E-state index contributed by atoms with van der Waals surface area (Å²) in [6, 6.07) is 10.2. The molecule has 0 bridgehead atoms. The molecule has 98 valence electrons. The van der Waals surface area contributed by atoms with Crippen LogP contribution in [-0.2, 0) is 0 Å². The topological polar surface area (TPSA) is 46.5 Å². The van der Waals surface area contributed by atoms with Gasteiger partial charge in [-0.05, 0) is 66.0 Å². The van der Waals surface area contributed by atoms with E-state index in [2.05, 4.69) is 47.8 Å². The van der Waals surface area contributed by atoms with Gasteiger partial charge in [0, 0.05) is 0 Å². The predicted octanol–water partition coefficient (Wildman–Crippen LogP) is 4.90. The van der Waals surface area contributed by atoms with Gasteiger partial charge in [0.05, 0.1) is 14.5 Å². The standard InChI is InChI=1S/C13H7Br3O3/c14-8-6-9(15)12(10(16)11(8)17)19-13(18)7-4-2-1-3-5-7/h1-6,17H. The number of esters is 1. The normalized spacial score (nSPS) is 10.3. The van der Waals surface area contributed by atoms with Crippen LogP contribution < -0.4 is 4.74 Å². The van der Waals surface area contributed by atoms with E-state index >= 15 is 0 Å². The molecule has 0 amide bonds. The zero-order valence-corrected chi connectivity index (χ0v) is 14.1. The van der Waals surface area contributed by atoms with Crippen molar-refractivity contribution in [2.24, 2.45) is 0 Å². The highest BCUT2D eigenvalue weighted by Crippen LogP contribution is 2.44. The molecule has 6 heteroatoms. The first kappa shape index (κ1) is 14.6. The molecule has 2 rings (SSSR count). The van der Waals surface area contributed by atoms with Crippen LogP contribution >= 0.6 is 47.8 Å². The number of ether oxygens (including phenoxy) is 1. The lowest BCUT2D eigenvalue weighted by atomic mass is 10.2. The van der Waals surface area contributed by atoms with E-state index in [1.165, 1.54) is 0 Å². The van der Waals surface area contributed by atoms with E-state index in [1.54, 1.807) is 30.3 Å². The van der Waals surface area contributed by atoms with Crippen molar-refractivity contribution in [3.05, 3.63) is 55.4 Å². The van der Waals surface area contributed by atoms with Gasteiger partial charge in [0.2, 0.25) is 0 Å². The van der Waals surface area contributed by atoms with Gasteiger partial charge in [-0.3, -0.25) is 0 Å². The summed E-state index contributed by atoms with van der Waals surface area (Å²) in [5.74, 6) is -0.294. The number of benzene rings is 2. The second-order valence-electron chi connectivity index (χ2n) is 3.59. The maximum atomic E-state index is 12.0.